The molecule has 1 aromatic carbocycles. The average molecular weight is 341 g/mol. The van der Waals surface area contributed by atoms with Gasteiger partial charge in [-0.05, 0) is 36.6 Å². The molecule has 6 heteroatoms. The number of ether oxygens (including phenoxy) is 1. The second-order valence-corrected chi connectivity index (χ2v) is 5.71. The summed E-state index contributed by atoms with van der Waals surface area (Å²) in [6, 6.07) is 4.56. The molecule has 2 heterocycles. The Labute approximate surface area is 124 Å². The predicted octanol–water partition coefficient (Wildman–Crippen LogP) is 3.46. The fourth-order valence-electron chi connectivity index (χ4n) is 2.28. The maximum absolute atomic E-state index is 13.2. The molecule has 1 aliphatic heterocycles. The molecule has 106 valence electrons. The van der Waals surface area contributed by atoms with E-state index in [4.69, 9.17) is 9.15 Å². The van der Waals surface area contributed by atoms with Crippen LogP contribution in [-0.4, -0.2) is 23.4 Å². The van der Waals surface area contributed by atoms with Crippen LogP contribution in [0.2, 0.25) is 0 Å². The highest BCUT2D eigenvalue weighted by Crippen LogP contribution is 2.26. The molecular formula is C14H14BrFN2O2. The van der Waals surface area contributed by atoms with Gasteiger partial charge in [-0.2, -0.15) is 0 Å². The summed E-state index contributed by atoms with van der Waals surface area (Å²) in [5, 5.41) is 8.12. The Kier molecular flexibility index (Phi) is 4.12. The molecule has 1 atom stereocenters. The molecule has 1 unspecified atom stereocenters. The predicted molar refractivity (Wildman–Crippen MR) is 74.0 cm³/mol. The number of halogens is 2. The van der Waals surface area contributed by atoms with Crippen LogP contribution in [0, 0.1) is 5.82 Å². The Morgan fingerprint density at radius 3 is 3.05 bits per heavy atom. The lowest BCUT2D eigenvalue weighted by Crippen LogP contribution is -2.15. The molecule has 0 N–H and O–H groups in total. The smallest absolute Gasteiger partial charge is 0.221 e. The number of hydrogen-bond donors (Lipinski definition) is 0. The lowest BCUT2D eigenvalue weighted by atomic mass is 10.0. The summed E-state index contributed by atoms with van der Waals surface area (Å²) in [7, 11) is 0. The van der Waals surface area contributed by atoms with Gasteiger partial charge in [-0.25, -0.2) is 4.39 Å². The normalized spacial score (nSPS) is 19.2. The molecule has 1 aromatic heterocycles. The fourth-order valence-corrected chi connectivity index (χ4v) is 2.67. The van der Waals surface area contributed by atoms with Crippen molar-refractivity contribution in [2.45, 2.75) is 25.2 Å². The van der Waals surface area contributed by atoms with Crippen molar-refractivity contribution in [2.75, 3.05) is 13.2 Å². The van der Waals surface area contributed by atoms with E-state index < -0.39 is 0 Å². The molecule has 0 bridgehead atoms. The fraction of sp³-hybridized carbons (Fsp3) is 0.429. The zero-order valence-electron chi connectivity index (χ0n) is 10.8. The van der Waals surface area contributed by atoms with Crippen molar-refractivity contribution in [2.24, 2.45) is 0 Å². The van der Waals surface area contributed by atoms with Crippen LogP contribution < -0.4 is 0 Å². The highest BCUT2D eigenvalue weighted by Gasteiger charge is 2.22. The summed E-state index contributed by atoms with van der Waals surface area (Å²) in [5.74, 6) is 1.02. The van der Waals surface area contributed by atoms with Gasteiger partial charge in [0.2, 0.25) is 11.8 Å². The van der Waals surface area contributed by atoms with Gasteiger partial charge in [0.05, 0.1) is 18.9 Å². The molecule has 0 saturated carbocycles. The van der Waals surface area contributed by atoms with Crippen LogP contribution in [0.15, 0.2) is 27.1 Å². The third kappa shape index (κ3) is 3.07. The molecule has 0 aliphatic carbocycles. The minimum absolute atomic E-state index is 0.181. The van der Waals surface area contributed by atoms with Crippen molar-refractivity contribution in [3.8, 4) is 0 Å². The first-order valence-corrected chi connectivity index (χ1v) is 7.35. The molecule has 1 saturated heterocycles. The maximum atomic E-state index is 13.2. The minimum Gasteiger partial charge on any atom is -0.425 e. The Morgan fingerprint density at radius 1 is 1.35 bits per heavy atom. The van der Waals surface area contributed by atoms with Crippen LogP contribution in [0.1, 0.15) is 36.1 Å². The largest absolute Gasteiger partial charge is 0.425 e. The standard InChI is InChI=1S/C14H14BrFN2O2/c15-12-4-3-11(16)6-10(12)7-13-17-18-14(20-13)9-2-1-5-19-8-9/h3-4,6,9H,1-2,5,7-8H2. The number of benzene rings is 1. The van der Waals surface area contributed by atoms with Gasteiger partial charge in [-0.3, -0.25) is 0 Å². The first-order valence-electron chi connectivity index (χ1n) is 6.56. The van der Waals surface area contributed by atoms with Crippen LogP contribution >= 0.6 is 15.9 Å². The maximum Gasteiger partial charge on any atom is 0.221 e. The van der Waals surface area contributed by atoms with E-state index in [1.807, 2.05) is 0 Å². The SMILES string of the molecule is Fc1ccc(Br)c(Cc2nnc(C3CCCOC3)o2)c1. The highest BCUT2D eigenvalue weighted by atomic mass is 79.9. The van der Waals surface area contributed by atoms with Crippen molar-refractivity contribution in [1.82, 2.24) is 10.2 Å². The number of aromatic nitrogens is 2. The van der Waals surface area contributed by atoms with E-state index >= 15 is 0 Å². The Balaban J connectivity index is 1.75. The molecule has 20 heavy (non-hydrogen) atoms. The van der Waals surface area contributed by atoms with E-state index in [1.165, 1.54) is 12.1 Å². The second-order valence-electron chi connectivity index (χ2n) is 4.86. The van der Waals surface area contributed by atoms with Crippen LogP contribution in [0.3, 0.4) is 0 Å². The minimum atomic E-state index is -0.274. The van der Waals surface area contributed by atoms with Crippen molar-refractivity contribution in [1.29, 1.82) is 0 Å². The second kappa shape index (κ2) is 6.01. The molecule has 1 aliphatic rings. The van der Waals surface area contributed by atoms with Crippen molar-refractivity contribution >= 4 is 15.9 Å². The lowest BCUT2D eigenvalue weighted by Gasteiger charge is -2.18. The molecule has 4 nitrogen and oxygen atoms in total. The Bertz CT molecular complexity index is 597. The van der Waals surface area contributed by atoms with E-state index in [1.54, 1.807) is 6.07 Å². The van der Waals surface area contributed by atoms with Gasteiger partial charge in [0.25, 0.3) is 0 Å². The quantitative estimate of drug-likeness (QED) is 0.858. The Hall–Kier alpha value is -1.27. The zero-order chi connectivity index (χ0) is 13.9. The Morgan fingerprint density at radius 2 is 2.25 bits per heavy atom. The molecule has 0 radical (unpaired) electrons. The molecule has 0 amide bonds. The third-order valence-corrected chi connectivity index (χ3v) is 4.12. The third-order valence-electron chi connectivity index (χ3n) is 3.34. The summed E-state index contributed by atoms with van der Waals surface area (Å²) in [5.41, 5.74) is 0.792. The lowest BCUT2D eigenvalue weighted by molar-refractivity contribution is 0.0722. The van der Waals surface area contributed by atoms with Gasteiger partial charge < -0.3 is 9.15 Å². The van der Waals surface area contributed by atoms with Gasteiger partial charge in [0.15, 0.2) is 0 Å². The average Bonchev–Trinajstić information content (AvgIpc) is 2.92. The summed E-state index contributed by atoms with van der Waals surface area (Å²) in [6.07, 6.45) is 2.43. The topological polar surface area (TPSA) is 48.2 Å². The molecule has 3 rings (SSSR count). The van der Waals surface area contributed by atoms with E-state index in [9.17, 15) is 4.39 Å². The van der Waals surface area contributed by atoms with E-state index in [0.717, 1.165) is 29.5 Å². The number of rotatable bonds is 3. The first-order chi connectivity index (χ1) is 9.72. The molecule has 0 spiro atoms. The van der Waals surface area contributed by atoms with Crippen LogP contribution in [0.4, 0.5) is 4.39 Å². The van der Waals surface area contributed by atoms with Gasteiger partial charge in [-0.15, -0.1) is 10.2 Å². The van der Waals surface area contributed by atoms with Gasteiger partial charge in [0, 0.05) is 11.1 Å². The van der Waals surface area contributed by atoms with Crippen molar-refractivity contribution in [3.05, 3.63) is 45.8 Å². The first kappa shape index (κ1) is 13.7. The highest BCUT2D eigenvalue weighted by molar-refractivity contribution is 9.10. The monoisotopic (exact) mass is 340 g/mol. The molecular weight excluding hydrogens is 327 g/mol. The van der Waals surface area contributed by atoms with E-state index in [-0.39, 0.29) is 11.7 Å². The molecule has 2 aromatic rings. The molecule has 1 fully saturated rings. The zero-order valence-corrected chi connectivity index (χ0v) is 12.4. The van der Waals surface area contributed by atoms with Crippen molar-refractivity contribution < 1.29 is 13.5 Å². The van der Waals surface area contributed by atoms with Crippen LogP contribution in [-0.2, 0) is 11.2 Å². The summed E-state index contributed by atoms with van der Waals surface area (Å²) in [4.78, 5) is 0. The summed E-state index contributed by atoms with van der Waals surface area (Å²) < 4.78 is 25.2. The van der Waals surface area contributed by atoms with Crippen LogP contribution in [0.5, 0.6) is 0 Å². The van der Waals surface area contributed by atoms with Crippen LogP contribution in [0.25, 0.3) is 0 Å². The van der Waals surface area contributed by atoms with Gasteiger partial charge >= 0.3 is 0 Å². The van der Waals surface area contributed by atoms with Gasteiger partial charge in [0.1, 0.15) is 5.82 Å². The van der Waals surface area contributed by atoms with E-state index in [2.05, 4.69) is 26.1 Å². The van der Waals surface area contributed by atoms with E-state index in [0.29, 0.717) is 24.8 Å². The summed E-state index contributed by atoms with van der Waals surface area (Å²) >= 11 is 3.39. The van der Waals surface area contributed by atoms with Gasteiger partial charge in [-0.1, -0.05) is 15.9 Å². The van der Waals surface area contributed by atoms with Crippen molar-refractivity contribution in [3.63, 3.8) is 0 Å². The number of hydrogen-bond acceptors (Lipinski definition) is 4. The summed E-state index contributed by atoms with van der Waals surface area (Å²) in [6.45, 7) is 1.43. The number of nitrogens with zero attached hydrogens (tertiary/aromatic N) is 2.